The second-order valence-electron chi connectivity index (χ2n) is 5.66. The summed E-state index contributed by atoms with van der Waals surface area (Å²) < 4.78 is 1.77. The summed E-state index contributed by atoms with van der Waals surface area (Å²) in [6, 6.07) is 10.0. The van der Waals surface area contributed by atoms with Gasteiger partial charge in [-0.2, -0.15) is 0 Å². The Balaban J connectivity index is 1.65. The maximum absolute atomic E-state index is 12.2. The number of hydrogen-bond acceptors (Lipinski definition) is 4. The summed E-state index contributed by atoms with van der Waals surface area (Å²) in [6.45, 7) is 3.83. The summed E-state index contributed by atoms with van der Waals surface area (Å²) in [6.07, 6.45) is 2.41. The van der Waals surface area contributed by atoms with Gasteiger partial charge in [0.25, 0.3) is 0 Å². The lowest BCUT2D eigenvalue weighted by Gasteiger charge is -2.23. The molecule has 116 valence electrons. The first-order valence-corrected chi connectivity index (χ1v) is 7.71. The Morgan fingerprint density at radius 3 is 2.95 bits per heavy atom. The minimum atomic E-state index is 0.0110. The van der Waals surface area contributed by atoms with Crippen molar-refractivity contribution in [1.29, 1.82) is 0 Å². The van der Waals surface area contributed by atoms with E-state index in [1.54, 1.807) is 4.68 Å². The maximum Gasteiger partial charge on any atom is 0.226 e. The molecule has 1 atom stereocenters. The van der Waals surface area contributed by atoms with Crippen LogP contribution in [0.2, 0.25) is 0 Å². The lowest BCUT2D eigenvalue weighted by Crippen LogP contribution is -2.46. The molecule has 0 saturated carbocycles. The Morgan fingerprint density at radius 1 is 1.41 bits per heavy atom. The van der Waals surface area contributed by atoms with Gasteiger partial charge in [0.1, 0.15) is 0 Å². The minimum absolute atomic E-state index is 0.0110. The molecule has 0 spiro atoms. The smallest absolute Gasteiger partial charge is 0.226 e. The number of carbonyl (C=O) groups excluding carboxylic acids is 1. The van der Waals surface area contributed by atoms with Crippen LogP contribution in [0.1, 0.15) is 24.2 Å². The molecule has 22 heavy (non-hydrogen) atoms. The van der Waals surface area contributed by atoms with E-state index in [1.165, 1.54) is 0 Å². The molecule has 6 heteroatoms. The van der Waals surface area contributed by atoms with Gasteiger partial charge in [0.2, 0.25) is 5.91 Å². The van der Waals surface area contributed by atoms with E-state index >= 15 is 0 Å². The normalized spacial score (nSPS) is 18.1. The van der Waals surface area contributed by atoms with Gasteiger partial charge in [-0.05, 0) is 38.4 Å². The van der Waals surface area contributed by atoms with Crippen molar-refractivity contribution in [2.24, 2.45) is 0 Å². The fraction of sp³-hybridized carbons (Fsp3) is 0.438. The second-order valence-corrected chi connectivity index (χ2v) is 5.66. The highest BCUT2D eigenvalue weighted by Gasteiger charge is 2.18. The SMILES string of the molecule is Cc1c(CC(=O)NC2CCCNC2)nnn1-c1ccccc1. The molecule has 2 N–H and O–H groups in total. The lowest BCUT2D eigenvalue weighted by molar-refractivity contribution is -0.121. The van der Waals surface area contributed by atoms with Crippen LogP contribution in [-0.4, -0.2) is 40.0 Å². The van der Waals surface area contributed by atoms with Gasteiger partial charge in [-0.15, -0.1) is 5.10 Å². The van der Waals surface area contributed by atoms with Crippen LogP contribution in [0.15, 0.2) is 30.3 Å². The number of carbonyl (C=O) groups is 1. The molecule has 0 bridgehead atoms. The van der Waals surface area contributed by atoms with E-state index in [1.807, 2.05) is 37.3 Å². The van der Waals surface area contributed by atoms with E-state index in [0.29, 0.717) is 0 Å². The molecule has 6 nitrogen and oxygen atoms in total. The Kier molecular flexibility index (Phi) is 4.48. The molecule has 1 fully saturated rings. The van der Waals surface area contributed by atoms with E-state index in [0.717, 1.165) is 43.0 Å². The molecule has 0 aliphatic carbocycles. The van der Waals surface area contributed by atoms with Crippen molar-refractivity contribution < 1.29 is 4.79 Å². The molecule has 1 unspecified atom stereocenters. The number of piperidine rings is 1. The quantitative estimate of drug-likeness (QED) is 0.883. The maximum atomic E-state index is 12.2. The fourth-order valence-electron chi connectivity index (χ4n) is 2.74. The monoisotopic (exact) mass is 299 g/mol. The van der Waals surface area contributed by atoms with Crippen molar-refractivity contribution in [3.63, 3.8) is 0 Å². The van der Waals surface area contributed by atoms with Gasteiger partial charge in [0.05, 0.1) is 23.5 Å². The summed E-state index contributed by atoms with van der Waals surface area (Å²) in [5.74, 6) is 0.0110. The van der Waals surface area contributed by atoms with Gasteiger partial charge in [-0.1, -0.05) is 23.4 Å². The van der Waals surface area contributed by atoms with E-state index in [2.05, 4.69) is 20.9 Å². The third-order valence-corrected chi connectivity index (χ3v) is 3.98. The molecule has 2 aromatic rings. The lowest BCUT2D eigenvalue weighted by atomic mass is 10.1. The van der Waals surface area contributed by atoms with E-state index in [-0.39, 0.29) is 18.4 Å². The molecule has 1 aliphatic rings. The molecular formula is C16H21N5O. The zero-order chi connectivity index (χ0) is 15.4. The highest BCUT2D eigenvalue weighted by atomic mass is 16.1. The van der Waals surface area contributed by atoms with Crippen LogP contribution < -0.4 is 10.6 Å². The highest BCUT2D eigenvalue weighted by Crippen LogP contribution is 2.12. The molecule has 1 aromatic heterocycles. The average molecular weight is 299 g/mol. The van der Waals surface area contributed by atoms with Gasteiger partial charge in [0.15, 0.2) is 0 Å². The third-order valence-electron chi connectivity index (χ3n) is 3.98. The van der Waals surface area contributed by atoms with Crippen molar-refractivity contribution >= 4 is 5.91 Å². The molecular weight excluding hydrogens is 278 g/mol. The zero-order valence-electron chi connectivity index (χ0n) is 12.7. The third kappa shape index (κ3) is 3.33. The van der Waals surface area contributed by atoms with Gasteiger partial charge in [-0.25, -0.2) is 4.68 Å². The number of nitrogens with zero attached hydrogens (tertiary/aromatic N) is 3. The van der Waals surface area contributed by atoms with Crippen molar-refractivity contribution in [2.75, 3.05) is 13.1 Å². The summed E-state index contributed by atoms with van der Waals surface area (Å²) in [5, 5.41) is 14.7. The number of amides is 1. The van der Waals surface area contributed by atoms with Crippen LogP contribution in [0.5, 0.6) is 0 Å². The van der Waals surface area contributed by atoms with Crippen molar-refractivity contribution in [3.05, 3.63) is 41.7 Å². The Bertz CT molecular complexity index is 631. The topological polar surface area (TPSA) is 71.8 Å². The van der Waals surface area contributed by atoms with E-state index in [9.17, 15) is 4.79 Å². The summed E-state index contributed by atoms with van der Waals surface area (Å²) in [4.78, 5) is 12.2. The van der Waals surface area contributed by atoms with Gasteiger partial charge < -0.3 is 10.6 Å². The Labute approximate surface area is 129 Å². The Hall–Kier alpha value is -2.21. The number of benzene rings is 1. The Morgan fingerprint density at radius 2 is 2.23 bits per heavy atom. The van der Waals surface area contributed by atoms with Crippen LogP contribution in [0.3, 0.4) is 0 Å². The van der Waals surface area contributed by atoms with E-state index in [4.69, 9.17) is 0 Å². The number of rotatable bonds is 4. The molecule has 0 radical (unpaired) electrons. The van der Waals surface area contributed by atoms with Crippen LogP contribution >= 0.6 is 0 Å². The molecule has 1 aliphatic heterocycles. The average Bonchev–Trinajstić information content (AvgIpc) is 2.90. The first-order chi connectivity index (χ1) is 10.7. The number of hydrogen-bond donors (Lipinski definition) is 2. The largest absolute Gasteiger partial charge is 0.352 e. The summed E-state index contributed by atoms with van der Waals surface area (Å²) >= 11 is 0. The molecule has 3 rings (SSSR count). The number of para-hydroxylation sites is 1. The van der Waals surface area contributed by atoms with Gasteiger partial charge >= 0.3 is 0 Å². The van der Waals surface area contributed by atoms with Crippen LogP contribution in [-0.2, 0) is 11.2 Å². The zero-order valence-corrected chi connectivity index (χ0v) is 12.7. The number of nitrogens with one attached hydrogen (secondary N) is 2. The first-order valence-electron chi connectivity index (χ1n) is 7.71. The van der Waals surface area contributed by atoms with Crippen LogP contribution in [0.4, 0.5) is 0 Å². The molecule has 1 amide bonds. The molecule has 2 heterocycles. The van der Waals surface area contributed by atoms with Crippen molar-refractivity contribution in [1.82, 2.24) is 25.6 Å². The summed E-state index contributed by atoms with van der Waals surface area (Å²) in [7, 11) is 0. The first kappa shape index (κ1) is 14.7. The predicted molar refractivity (Wildman–Crippen MR) is 83.8 cm³/mol. The minimum Gasteiger partial charge on any atom is -0.352 e. The summed E-state index contributed by atoms with van der Waals surface area (Å²) in [5.41, 5.74) is 2.59. The van der Waals surface area contributed by atoms with Gasteiger partial charge in [-0.3, -0.25) is 4.79 Å². The van der Waals surface area contributed by atoms with Crippen molar-refractivity contribution in [2.45, 2.75) is 32.2 Å². The van der Waals surface area contributed by atoms with Gasteiger partial charge in [0, 0.05) is 12.6 Å². The fourth-order valence-corrected chi connectivity index (χ4v) is 2.74. The highest BCUT2D eigenvalue weighted by molar-refractivity contribution is 5.78. The van der Waals surface area contributed by atoms with Crippen LogP contribution in [0.25, 0.3) is 5.69 Å². The van der Waals surface area contributed by atoms with Crippen molar-refractivity contribution in [3.8, 4) is 5.69 Å². The standard InChI is InChI=1S/C16H21N5O/c1-12-15(10-16(22)18-13-6-5-9-17-11-13)19-20-21(12)14-7-3-2-4-8-14/h2-4,7-8,13,17H,5-6,9-11H2,1H3,(H,18,22). The predicted octanol–water partition coefficient (Wildman–Crippen LogP) is 0.986. The molecule has 1 aromatic carbocycles. The van der Waals surface area contributed by atoms with Crippen LogP contribution in [0, 0.1) is 6.92 Å². The molecule has 1 saturated heterocycles. The van der Waals surface area contributed by atoms with E-state index < -0.39 is 0 Å². The number of aromatic nitrogens is 3. The second kappa shape index (κ2) is 6.70.